The minimum Gasteiger partial charge on any atom is -0.431 e. The number of benzene rings is 1. The number of thiocarbonyl (C=S) groups is 1. The van der Waals surface area contributed by atoms with Crippen molar-refractivity contribution < 1.29 is 17.9 Å². The van der Waals surface area contributed by atoms with Crippen LogP contribution in [0.4, 0.5) is 18.9 Å². The number of nitrogens with one attached hydrogen (secondary N) is 1. The fraction of sp³-hybridized carbons (Fsp3) is 0.125. The van der Waals surface area contributed by atoms with E-state index in [1.54, 1.807) is 0 Å². The molecule has 0 radical (unpaired) electrons. The summed E-state index contributed by atoms with van der Waals surface area (Å²) in [5.74, 6) is -0.906. The third kappa shape index (κ3) is 3.53. The van der Waals surface area contributed by atoms with E-state index in [9.17, 15) is 13.2 Å². The summed E-state index contributed by atoms with van der Waals surface area (Å²) in [7, 11) is 0. The number of hydrogen-bond acceptors (Lipinski definition) is 2. The van der Waals surface area contributed by atoms with Crippen LogP contribution in [0.2, 0.25) is 0 Å². The van der Waals surface area contributed by atoms with Crippen molar-refractivity contribution in [2.45, 2.75) is 6.61 Å². The van der Waals surface area contributed by atoms with Crippen molar-refractivity contribution in [1.82, 2.24) is 0 Å². The zero-order chi connectivity index (χ0) is 12.3. The quantitative estimate of drug-likeness (QED) is 0.842. The second kappa shape index (κ2) is 5.35. The molecule has 0 bridgehead atoms. The molecule has 0 saturated heterocycles. The van der Waals surface area contributed by atoms with Gasteiger partial charge in [-0.2, -0.15) is 8.78 Å². The minimum atomic E-state index is -3.03. The fourth-order valence-corrected chi connectivity index (χ4v) is 1.63. The predicted octanol–water partition coefficient (Wildman–Crippen LogP) is 2.85. The lowest BCUT2D eigenvalue weighted by molar-refractivity contribution is -0.0498. The average molecular weight is 315 g/mol. The van der Waals surface area contributed by atoms with E-state index in [1.807, 2.05) is 0 Å². The summed E-state index contributed by atoms with van der Waals surface area (Å²) < 4.78 is 41.4. The van der Waals surface area contributed by atoms with Crippen molar-refractivity contribution in [3.05, 3.63) is 22.4 Å². The van der Waals surface area contributed by atoms with E-state index >= 15 is 0 Å². The van der Waals surface area contributed by atoms with Crippen LogP contribution in [0.25, 0.3) is 0 Å². The van der Waals surface area contributed by atoms with Gasteiger partial charge in [-0.15, -0.1) is 0 Å². The van der Waals surface area contributed by atoms with Crippen LogP contribution in [0.3, 0.4) is 0 Å². The first-order valence-corrected chi connectivity index (χ1v) is 5.10. The maximum atomic E-state index is 13.0. The lowest BCUT2D eigenvalue weighted by Crippen LogP contribution is -2.20. The van der Waals surface area contributed by atoms with Gasteiger partial charge in [-0.3, -0.25) is 0 Å². The van der Waals surface area contributed by atoms with Gasteiger partial charge in [-0.1, -0.05) is 0 Å². The molecule has 0 spiro atoms. The molecule has 1 aromatic carbocycles. The van der Waals surface area contributed by atoms with E-state index in [1.165, 1.54) is 0 Å². The lowest BCUT2D eigenvalue weighted by atomic mass is 10.3. The first-order chi connectivity index (χ1) is 7.40. The molecule has 1 aromatic rings. The highest BCUT2D eigenvalue weighted by atomic mass is 79.9. The van der Waals surface area contributed by atoms with E-state index in [0.717, 1.165) is 12.1 Å². The Morgan fingerprint density at radius 1 is 1.50 bits per heavy atom. The molecule has 0 aliphatic carbocycles. The van der Waals surface area contributed by atoms with Crippen LogP contribution in [0.5, 0.6) is 5.75 Å². The van der Waals surface area contributed by atoms with E-state index < -0.39 is 12.4 Å². The van der Waals surface area contributed by atoms with Gasteiger partial charge in [0.1, 0.15) is 5.82 Å². The molecule has 0 heterocycles. The van der Waals surface area contributed by atoms with E-state index in [-0.39, 0.29) is 21.0 Å². The van der Waals surface area contributed by atoms with E-state index in [4.69, 9.17) is 5.73 Å². The molecule has 1 rings (SSSR count). The molecule has 8 heteroatoms. The van der Waals surface area contributed by atoms with E-state index in [0.29, 0.717) is 0 Å². The summed E-state index contributed by atoms with van der Waals surface area (Å²) in [6.45, 7) is -3.03. The SMILES string of the molecule is NC(=S)Nc1cc(F)cc(Br)c1OC(F)F. The summed E-state index contributed by atoms with van der Waals surface area (Å²) in [4.78, 5) is 0. The van der Waals surface area contributed by atoms with Gasteiger partial charge < -0.3 is 15.8 Å². The topological polar surface area (TPSA) is 47.3 Å². The van der Waals surface area contributed by atoms with Gasteiger partial charge in [0.25, 0.3) is 0 Å². The largest absolute Gasteiger partial charge is 0.431 e. The molecular formula is C8H6BrF3N2OS. The Hall–Kier alpha value is -1.02. The Kier molecular flexibility index (Phi) is 4.36. The van der Waals surface area contributed by atoms with Gasteiger partial charge in [-0.05, 0) is 34.2 Å². The second-order valence-electron chi connectivity index (χ2n) is 2.63. The van der Waals surface area contributed by atoms with Gasteiger partial charge in [-0.25, -0.2) is 4.39 Å². The monoisotopic (exact) mass is 314 g/mol. The molecule has 16 heavy (non-hydrogen) atoms. The third-order valence-electron chi connectivity index (χ3n) is 1.47. The summed E-state index contributed by atoms with van der Waals surface area (Å²) in [6.07, 6.45) is 0. The standard InChI is InChI=1S/C8H6BrF3N2OS/c9-4-1-3(10)2-5(14-8(13)16)6(4)15-7(11)12/h1-2,7H,(H3,13,14,16). The first kappa shape index (κ1) is 13.0. The molecule has 0 aliphatic heterocycles. The Morgan fingerprint density at radius 3 is 2.62 bits per heavy atom. The molecule has 0 saturated carbocycles. The van der Waals surface area contributed by atoms with Crippen molar-refractivity contribution >= 4 is 38.9 Å². The first-order valence-electron chi connectivity index (χ1n) is 3.90. The Balaban J connectivity index is 3.15. The van der Waals surface area contributed by atoms with Gasteiger partial charge in [0.15, 0.2) is 10.9 Å². The van der Waals surface area contributed by atoms with Crippen LogP contribution >= 0.6 is 28.1 Å². The maximum Gasteiger partial charge on any atom is 0.387 e. The van der Waals surface area contributed by atoms with Crippen LogP contribution in [-0.4, -0.2) is 11.7 Å². The predicted molar refractivity (Wildman–Crippen MR) is 61.1 cm³/mol. The van der Waals surface area contributed by atoms with Gasteiger partial charge >= 0.3 is 6.61 Å². The van der Waals surface area contributed by atoms with Crippen LogP contribution in [-0.2, 0) is 0 Å². The molecule has 3 nitrogen and oxygen atoms in total. The molecule has 0 unspecified atom stereocenters. The minimum absolute atomic E-state index is 0.0338. The highest BCUT2D eigenvalue weighted by molar-refractivity contribution is 9.10. The van der Waals surface area contributed by atoms with Gasteiger partial charge in [0.2, 0.25) is 0 Å². The Labute approximate surface area is 103 Å². The molecule has 3 N–H and O–H groups in total. The number of anilines is 1. The van der Waals surface area contributed by atoms with Crippen LogP contribution in [0.1, 0.15) is 0 Å². The fourth-order valence-electron chi connectivity index (χ4n) is 0.995. The van der Waals surface area contributed by atoms with Crippen LogP contribution in [0, 0.1) is 5.82 Å². The van der Waals surface area contributed by atoms with Crippen molar-refractivity contribution in [3.63, 3.8) is 0 Å². The lowest BCUT2D eigenvalue weighted by Gasteiger charge is -2.13. The zero-order valence-electron chi connectivity index (χ0n) is 7.64. The molecule has 0 atom stereocenters. The van der Waals surface area contributed by atoms with E-state index in [2.05, 4.69) is 38.2 Å². The van der Waals surface area contributed by atoms with Crippen molar-refractivity contribution in [3.8, 4) is 5.75 Å². The van der Waals surface area contributed by atoms with Crippen LogP contribution in [0.15, 0.2) is 16.6 Å². The number of hydrogen-bond donors (Lipinski definition) is 2. The maximum absolute atomic E-state index is 13.0. The Bertz CT molecular complexity index is 417. The second-order valence-corrected chi connectivity index (χ2v) is 3.93. The summed E-state index contributed by atoms with van der Waals surface area (Å²) in [5, 5.41) is 2.16. The summed E-state index contributed by atoms with van der Waals surface area (Å²) in [5.41, 5.74) is 5.09. The zero-order valence-corrected chi connectivity index (χ0v) is 10.0. The highest BCUT2D eigenvalue weighted by Gasteiger charge is 2.15. The molecule has 0 aliphatic rings. The number of nitrogens with two attached hydrogens (primary N) is 1. The summed E-state index contributed by atoms with van der Waals surface area (Å²) in [6, 6.07) is 1.93. The van der Waals surface area contributed by atoms with Crippen molar-refractivity contribution in [2.75, 3.05) is 5.32 Å². The molecule has 0 amide bonds. The Morgan fingerprint density at radius 2 is 2.12 bits per heavy atom. The third-order valence-corrected chi connectivity index (χ3v) is 2.16. The highest BCUT2D eigenvalue weighted by Crippen LogP contribution is 2.35. The number of rotatable bonds is 3. The number of ether oxygens (including phenoxy) is 1. The van der Waals surface area contributed by atoms with Crippen molar-refractivity contribution in [2.24, 2.45) is 5.73 Å². The molecule has 0 fully saturated rings. The molecular weight excluding hydrogens is 309 g/mol. The average Bonchev–Trinajstić information content (AvgIpc) is 2.09. The van der Waals surface area contributed by atoms with Gasteiger partial charge in [0.05, 0.1) is 10.2 Å². The molecule has 88 valence electrons. The number of halogens is 4. The number of alkyl halides is 2. The van der Waals surface area contributed by atoms with Crippen molar-refractivity contribution in [1.29, 1.82) is 0 Å². The smallest absolute Gasteiger partial charge is 0.387 e. The summed E-state index contributed by atoms with van der Waals surface area (Å²) >= 11 is 7.42. The molecule has 0 aromatic heterocycles. The normalized spacial score (nSPS) is 10.3. The van der Waals surface area contributed by atoms with Crippen LogP contribution < -0.4 is 15.8 Å². The van der Waals surface area contributed by atoms with Gasteiger partial charge in [0, 0.05) is 6.07 Å².